The fourth-order valence-electron chi connectivity index (χ4n) is 1.81. The van der Waals surface area contributed by atoms with Crippen molar-refractivity contribution in [1.29, 1.82) is 5.41 Å². The molecule has 5 nitrogen and oxygen atoms in total. The van der Waals surface area contributed by atoms with E-state index in [1.165, 1.54) is 6.20 Å². The molecule has 0 fully saturated rings. The molecule has 0 atom stereocenters. The number of nitrogen functional groups attached to an aromatic ring is 1. The monoisotopic (exact) mass is 256 g/mol. The summed E-state index contributed by atoms with van der Waals surface area (Å²) in [5.74, 6) is 0.871. The van der Waals surface area contributed by atoms with E-state index in [2.05, 4.69) is 16.3 Å². The number of aryl methyl sites for hydroxylation is 2. The molecule has 0 amide bonds. The van der Waals surface area contributed by atoms with E-state index >= 15 is 0 Å². The van der Waals surface area contributed by atoms with Crippen molar-refractivity contribution in [3.05, 3.63) is 46.6 Å². The Morgan fingerprint density at radius 3 is 2.68 bits per heavy atom. The molecular formula is C14H16N4O. The summed E-state index contributed by atoms with van der Waals surface area (Å²) in [6.07, 6.45) is 1.48. The van der Waals surface area contributed by atoms with Crippen molar-refractivity contribution in [2.24, 2.45) is 5.73 Å². The van der Waals surface area contributed by atoms with Gasteiger partial charge in [0.1, 0.15) is 11.6 Å². The molecule has 0 saturated heterocycles. The van der Waals surface area contributed by atoms with Crippen LogP contribution in [0.1, 0.15) is 22.3 Å². The number of amidine groups is 1. The molecule has 0 spiro atoms. The Bertz CT molecular complexity index is 637. The van der Waals surface area contributed by atoms with Gasteiger partial charge in [-0.25, -0.2) is 0 Å². The van der Waals surface area contributed by atoms with Gasteiger partial charge >= 0.3 is 0 Å². The highest BCUT2D eigenvalue weighted by atomic mass is 16.5. The Kier molecular flexibility index (Phi) is 3.46. The average molecular weight is 256 g/mol. The van der Waals surface area contributed by atoms with Gasteiger partial charge in [-0.2, -0.15) is 5.10 Å². The Labute approximate surface area is 111 Å². The minimum Gasteiger partial charge on any atom is -0.437 e. The van der Waals surface area contributed by atoms with Crippen LogP contribution in [0.4, 0.5) is 0 Å². The molecule has 2 aromatic rings. The van der Waals surface area contributed by atoms with Gasteiger partial charge in [-0.05, 0) is 49.6 Å². The zero-order valence-electron chi connectivity index (χ0n) is 11.2. The molecule has 0 radical (unpaired) electrons. The standard InChI is InChI=1S/C14H16N4O/c1-8-6-9(2)10(3)12(7-8)19-14-11(13(15)16)4-5-17-18-14/h4-7H,1-3H3,(H3,15,16). The summed E-state index contributed by atoms with van der Waals surface area (Å²) in [6, 6.07) is 5.63. The first-order valence-corrected chi connectivity index (χ1v) is 5.91. The number of nitrogens with zero attached hydrogens (tertiary/aromatic N) is 2. The van der Waals surface area contributed by atoms with Crippen molar-refractivity contribution in [2.75, 3.05) is 0 Å². The molecule has 0 saturated carbocycles. The summed E-state index contributed by atoms with van der Waals surface area (Å²) in [5, 5.41) is 15.2. The predicted octanol–water partition coefficient (Wildman–Crippen LogP) is 2.48. The van der Waals surface area contributed by atoms with Crippen LogP contribution in [0.5, 0.6) is 11.6 Å². The maximum absolute atomic E-state index is 7.51. The Morgan fingerprint density at radius 1 is 1.26 bits per heavy atom. The van der Waals surface area contributed by atoms with E-state index in [0.717, 1.165) is 16.7 Å². The maximum atomic E-state index is 7.51. The van der Waals surface area contributed by atoms with Crippen LogP contribution in [0.15, 0.2) is 24.4 Å². The zero-order chi connectivity index (χ0) is 14.0. The fourth-order valence-corrected chi connectivity index (χ4v) is 1.81. The van der Waals surface area contributed by atoms with Crippen LogP contribution in [0.3, 0.4) is 0 Å². The lowest BCUT2D eigenvalue weighted by Crippen LogP contribution is -2.13. The van der Waals surface area contributed by atoms with Crippen LogP contribution in [-0.4, -0.2) is 16.0 Å². The molecule has 5 heteroatoms. The third-order valence-corrected chi connectivity index (χ3v) is 2.95. The van der Waals surface area contributed by atoms with Crippen molar-refractivity contribution in [3.63, 3.8) is 0 Å². The largest absolute Gasteiger partial charge is 0.437 e. The van der Waals surface area contributed by atoms with Gasteiger partial charge < -0.3 is 10.5 Å². The highest BCUT2D eigenvalue weighted by Gasteiger charge is 2.12. The van der Waals surface area contributed by atoms with E-state index in [-0.39, 0.29) is 11.7 Å². The topological polar surface area (TPSA) is 84.9 Å². The molecule has 0 aliphatic rings. The minimum atomic E-state index is -0.0908. The zero-order valence-corrected chi connectivity index (χ0v) is 11.2. The first-order valence-electron chi connectivity index (χ1n) is 5.91. The Morgan fingerprint density at radius 2 is 2.00 bits per heavy atom. The van der Waals surface area contributed by atoms with E-state index in [9.17, 15) is 0 Å². The number of ether oxygens (including phenoxy) is 1. The number of hydrogen-bond donors (Lipinski definition) is 2. The number of aromatic nitrogens is 2. The van der Waals surface area contributed by atoms with Crippen molar-refractivity contribution >= 4 is 5.84 Å². The van der Waals surface area contributed by atoms with Crippen molar-refractivity contribution in [1.82, 2.24) is 10.2 Å². The summed E-state index contributed by atoms with van der Waals surface area (Å²) in [6.45, 7) is 6.01. The first kappa shape index (κ1) is 13.0. The van der Waals surface area contributed by atoms with Crippen LogP contribution < -0.4 is 10.5 Å². The van der Waals surface area contributed by atoms with Crippen LogP contribution in [0, 0.1) is 26.2 Å². The third kappa shape index (κ3) is 2.70. The molecule has 0 bridgehead atoms. The van der Waals surface area contributed by atoms with Crippen LogP contribution >= 0.6 is 0 Å². The molecule has 3 N–H and O–H groups in total. The summed E-state index contributed by atoms with van der Waals surface area (Å²) in [5.41, 5.74) is 9.22. The molecule has 0 aliphatic carbocycles. The highest BCUT2D eigenvalue weighted by molar-refractivity contribution is 5.96. The lowest BCUT2D eigenvalue weighted by atomic mass is 10.1. The van der Waals surface area contributed by atoms with Crippen molar-refractivity contribution in [3.8, 4) is 11.6 Å². The maximum Gasteiger partial charge on any atom is 0.249 e. The van der Waals surface area contributed by atoms with Gasteiger partial charge in [0.2, 0.25) is 5.88 Å². The van der Waals surface area contributed by atoms with E-state index in [1.54, 1.807) is 6.07 Å². The molecule has 0 unspecified atom stereocenters. The molecule has 1 aromatic carbocycles. The highest BCUT2D eigenvalue weighted by Crippen LogP contribution is 2.28. The van der Waals surface area contributed by atoms with Gasteiger partial charge in [0.05, 0.1) is 11.8 Å². The van der Waals surface area contributed by atoms with E-state index in [4.69, 9.17) is 15.9 Å². The minimum absolute atomic E-state index is 0.0908. The van der Waals surface area contributed by atoms with Crippen LogP contribution in [-0.2, 0) is 0 Å². The normalized spacial score (nSPS) is 10.3. The smallest absolute Gasteiger partial charge is 0.249 e. The number of hydrogen-bond acceptors (Lipinski definition) is 4. The quantitative estimate of drug-likeness (QED) is 0.652. The summed E-state index contributed by atoms with van der Waals surface area (Å²) < 4.78 is 5.77. The molecule has 98 valence electrons. The van der Waals surface area contributed by atoms with Crippen molar-refractivity contribution in [2.45, 2.75) is 20.8 Å². The molecular weight excluding hydrogens is 240 g/mol. The second-order valence-electron chi connectivity index (χ2n) is 4.47. The van der Waals surface area contributed by atoms with Gasteiger partial charge in [-0.1, -0.05) is 6.07 Å². The Balaban J connectivity index is 2.45. The van der Waals surface area contributed by atoms with Gasteiger partial charge in [-0.3, -0.25) is 5.41 Å². The molecule has 19 heavy (non-hydrogen) atoms. The van der Waals surface area contributed by atoms with Gasteiger partial charge in [0.25, 0.3) is 0 Å². The number of nitrogens with one attached hydrogen (secondary N) is 1. The molecule has 2 rings (SSSR count). The van der Waals surface area contributed by atoms with Crippen LogP contribution in [0.25, 0.3) is 0 Å². The van der Waals surface area contributed by atoms with E-state index in [1.807, 2.05) is 26.8 Å². The SMILES string of the molecule is Cc1cc(C)c(C)c(Oc2nnccc2C(=N)N)c1. The molecule has 0 aliphatic heterocycles. The predicted molar refractivity (Wildman–Crippen MR) is 73.8 cm³/mol. The van der Waals surface area contributed by atoms with Gasteiger partial charge in [0.15, 0.2) is 0 Å². The number of benzene rings is 1. The van der Waals surface area contributed by atoms with E-state index < -0.39 is 0 Å². The summed E-state index contributed by atoms with van der Waals surface area (Å²) in [7, 11) is 0. The first-order chi connectivity index (χ1) is 8.99. The molecule has 1 heterocycles. The fraction of sp³-hybridized carbons (Fsp3) is 0.214. The van der Waals surface area contributed by atoms with Gasteiger partial charge in [0, 0.05) is 0 Å². The summed E-state index contributed by atoms with van der Waals surface area (Å²) in [4.78, 5) is 0. The second-order valence-corrected chi connectivity index (χ2v) is 4.47. The van der Waals surface area contributed by atoms with Crippen molar-refractivity contribution < 1.29 is 4.74 Å². The number of nitrogens with two attached hydrogens (primary N) is 1. The third-order valence-electron chi connectivity index (χ3n) is 2.95. The van der Waals surface area contributed by atoms with E-state index in [0.29, 0.717) is 11.3 Å². The second kappa shape index (κ2) is 5.06. The number of rotatable bonds is 3. The Hall–Kier alpha value is -2.43. The summed E-state index contributed by atoms with van der Waals surface area (Å²) >= 11 is 0. The lowest BCUT2D eigenvalue weighted by Gasteiger charge is -2.12. The average Bonchev–Trinajstić information content (AvgIpc) is 2.35. The lowest BCUT2D eigenvalue weighted by molar-refractivity contribution is 0.450. The van der Waals surface area contributed by atoms with Gasteiger partial charge in [-0.15, -0.1) is 5.10 Å². The molecule has 1 aromatic heterocycles. The van der Waals surface area contributed by atoms with Crippen LogP contribution in [0.2, 0.25) is 0 Å².